The highest BCUT2D eigenvalue weighted by Gasteiger charge is 2.23. The van der Waals surface area contributed by atoms with E-state index in [0.29, 0.717) is 11.7 Å². The fourth-order valence-electron chi connectivity index (χ4n) is 2.05. The number of carboxylic acid groups (broad SMARTS) is 1. The molecule has 0 spiro atoms. The monoisotopic (exact) mass is 334 g/mol. The van der Waals surface area contributed by atoms with Crippen LogP contribution in [-0.2, 0) is 4.79 Å². The number of hydrogen-bond acceptors (Lipinski definition) is 3. The molecule has 1 aromatic rings. The molecule has 0 aliphatic heterocycles. The highest BCUT2D eigenvalue weighted by Crippen LogP contribution is 2.19. The summed E-state index contributed by atoms with van der Waals surface area (Å²) in [6.45, 7) is 1.89. The first-order valence-corrected chi connectivity index (χ1v) is 7.87. The van der Waals surface area contributed by atoms with Gasteiger partial charge in [-0.2, -0.15) is 0 Å². The summed E-state index contributed by atoms with van der Waals surface area (Å²) < 4.78 is 0. The van der Waals surface area contributed by atoms with E-state index in [-0.39, 0.29) is 25.0 Å². The maximum absolute atomic E-state index is 11.6. The van der Waals surface area contributed by atoms with Crippen LogP contribution in [0.1, 0.15) is 37.8 Å². The molecule has 2 rings (SSSR count). The van der Waals surface area contributed by atoms with Gasteiger partial charge in [-0.15, -0.1) is 0 Å². The van der Waals surface area contributed by atoms with Crippen LogP contribution in [0.4, 0.5) is 15.3 Å². The Morgan fingerprint density at radius 2 is 1.83 bits per heavy atom. The van der Waals surface area contributed by atoms with Crippen molar-refractivity contribution in [2.24, 2.45) is 0 Å². The molecule has 1 saturated carbocycles. The largest absolute Gasteiger partial charge is 0.481 e. The van der Waals surface area contributed by atoms with Crippen molar-refractivity contribution in [1.82, 2.24) is 16.0 Å². The lowest BCUT2D eigenvalue weighted by Crippen LogP contribution is -2.38. The third kappa shape index (κ3) is 6.15. The summed E-state index contributed by atoms with van der Waals surface area (Å²) in [4.78, 5) is 33.7. The second kappa shape index (κ2) is 8.19. The molecular weight excluding hydrogens is 312 g/mol. The van der Waals surface area contributed by atoms with Gasteiger partial charge in [-0.25, -0.2) is 9.59 Å². The number of carbonyl (C=O) groups is 3. The van der Waals surface area contributed by atoms with Crippen LogP contribution in [0.15, 0.2) is 24.3 Å². The number of anilines is 1. The molecule has 5 N–H and O–H groups in total. The van der Waals surface area contributed by atoms with Crippen LogP contribution in [0.5, 0.6) is 0 Å². The maximum atomic E-state index is 11.6. The third-order valence-electron chi connectivity index (χ3n) is 3.55. The van der Waals surface area contributed by atoms with Gasteiger partial charge in [0.2, 0.25) is 0 Å². The number of urea groups is 2. The van der Waals surface area contributed by atoms with E-state index >= 15 is 0 Å². The molecule has 4 amide bonds. The Morgan fingerprint density at radius 3 is 2.42 bits per heavy atom. The molecule has 1 atom stereocenters. The molecule has 1 fully saturated rings. The lowest BCUT2D eigenvalue weighted by atomic mass is 10.1. The summed E-state index contributed by atoms with van der Waals surface area (Å²) in [6, 6.07) is 6.58. The highest BCUT2D eigenvalue weighted by atomic mass is 16.4. The van der Waals surface area contributed by atoms with Gasteiger partial charge >= 0.3 is 18.0 Å². The first-order valence-electron chi connectivity index (χ1n) is 7.87. The topological polar surface area (TPSA) is 120 Å². The zero-order valence-corrected chi connectivity index (χ0v) is 13.5. The Hall–Kier alpha value is -2.77. The average molecular weight is 334 g/mol. The van der Waals surface area contributed by atoms with E-state index in [0.717, 1.165) is 18.4 Å². The van der Waals surface area contributed by atoms with E-state index in [4.69, 9.17) is 5.11 Å². The fraction of sp³-hybridized carbons (Fsp3) is 0.438. The maximum Gasteiger partial charge on any atom is 0.319 e. The Labute approximate surface area is 140 Å². The second-order valence-corrected chi connectivity index (χ2v) is 5.76. The number of benzene rings is 1. The number of aliphatic carboxylic acids is 1. The van der Waals surface area contributed by atoms with Crippen molar-refractivity contribution in [2.75, 3.05) is 11.9 Å². The summed E-state index contributed by atoms with van der Waals surface area (Å²) in [5.41, 5.74) is 1.55. The molecule has 8 nitrogen and oxygen atoms in total. The molecule has 0 aromatic heterocycles. The Balaban J connectivity index is 1.77. The summed E-state index contributed by atoms with van der Waals surface area (Å²) in [6.07, 6.45) is 1.94. The van der Waals surface area contributed by atoms with Gasteiger partial charge in [0.05, 0.1) is 12.5 Å². The van der Waals surface area contributed by atoms with Crippen LogP contribution in [0.3, 0.4) is 0 Å². The molecule has 0 saturated heterocycles. The number of hydrogen-bond donors (Lipinski definition) is 5. The normalized spacial score (nSPS) is 14.4. The molecule has 8 heteroatoms. The number of amides is 4. The van der Waals surface area contributed by atoms with Gasteiger partial charge in [0.25, 0.3) is 0 Å². The SMILES string of the molecule is CC(NC(=O)NCCC(=O)O)c1ccc(NC(=O)NC2CC2)cc1. The van der Waals surface area contributed by atoms with Crippen molar-refractivity contribution in [3.8, 4) is 0 Å². The standard InChI is InChI=1S/C16H22N4O4/c1-10(18-15(23)17-9-8-14(21)22)11-2-4-12(5-3-11)19-16(24)20-13-6-7-13/h2-5,10,13H,6-9H2,1H3,(H,21,22)(H2,17,18,23)(H2,19,20,24). The van der Waals surface area contributed by atoms with E-state index in [9.17, 15) is 14.4 Å². The summed E-state index contributed by atoms with van der Waals surface area (Å²) in [5, 5.41) is 19.3. The van der Waals surface area contributed by atoms with Crippen LogP contribution in [0.25, 0.3) is 0 Å². The number of carboxylic acids is 1. The van der Waals surface area contributed by atoms with Crippen molar-refractivity contribution in [1.29, 1.82) is 0 Å². The molecule has 1 aliphatic rings. The van der Waals surface area contributed by atoms with Gasteiger partial charge in [0.1, 0.15) is 0 Å². The molecule has 0 radical (unpaired) electrons. The first kappa shape index (κ1) is 17.6. The number of carbonyl (C=O) groups excluding carboxylic acids is 2. The first-order chi connectivity index (χ1) is 11.4. The van der Waals surface area contributed by atoms with E-state index < -0.39 is 12.0 Å². The Morgan fingerprint density at radius 1 is 1.17 bits per heavy atom. The molecule has 0 bridgehead atoms. The fourth-order valence-corrected chi connectivity index (χ4v) is 2.05. The Bertz CT molecular complexity index is 599. The zero-order valence-electron chi connectivity index (χ0n) is 13.5. The van der Waals surface area contributed by atoms with E-state index in [1.54, 1.807) is 12.1 Å². The van der Waals surface area contributed by atoms with Crippen LogP contribution in [0.2, 0.25) is 0 Å². The van der Waals surface area contributed by atoms with Crippen molar-refractivity contribution in [3.63, 3.8) is 0 Å². The summed E-state index contributed by atoms with van der Waals surface area (Å²) in [7, 11) is 0. The molecular formula is C16H22N4O4. The minimum atomic E-state index is -0.961. The van der Waals surface area contributed by atoms with Crippen LogP contribution >= 0.6 is 0 Å². The summed E-state index contributed by atoms with van der Waals surface area (Å²) >= 11 is 0. The van der Waals surface area contributed by atoms with Gasteiger partial charge in [-0.05, 0) is 37.5 Å². The molecule has 1 aromatic carbocycles. The van der Waals surface area contributed by atoms with Crippen LogP contribution in [-0.4, -0.2) is 35.7 Å². The second-order valence-electron chi connectivity index (χ2n) is 5.76. The van der Waals surface area contributed by atoms with E-state index in [1.165, 1.54) is 0 Å². The van der Waals surface area contributed by atoms with E-state index in [1.807, 2.05) is 19.1 Å². The van der Waals surface area contributed by atoms with Gasteiger partial charge in [-0.3, -0.25) is 4.79 Å². The zero-order chi connectivity index (χ0) is 17.5. The lowest BCUT2D eigenvalue weighted by Gasteiger charge is -2.15. The highest BCUT2D eigenvalue weighted by molar-refractivity contribution is 5.89. The third-order valence-corrected chi connectivity index (χ3v) is 3.55. The van der Waals surface area contributed by atoms with E-state index in [2.05, 4.69) is 21.3 Å². The Kier molecular flexibility index (Phi) is 6.00. The minimum Gasteiger partial charge on any atom is -0.481 e. The molecule has 1 aliphatic carbocycles. The smallest absolute Gasteiger partial charge is 0.319 e. The van der Waals surface area contributed by atoms with Crippen molar-refractivity contribution in [2.45, 2.75) is 38.3 Å². The average Bonchev–Trinajstić information content (AvgIpc) is 3.31. The predicted molar refractivity (Wildman–Crippen MR) is 88.8 cm³/mol. The van der Waals surface area contributed by atoms with Crippen molar-refractivity contribution in [3.05, 3.63) is 29.8 Å². The molecule has 24 heavy (non-hydrogen) atoms. The lowest BCUT2D eigenvalue weighted by molar-refractivity contribution is -0.136. The molecule has 1 unspecified atom stereocenters. The van der Waals surface area contributed by atoms with Crippen LogP contribution < -0.4 is 21.3 Å². The number of nitrogens with one attached hydrogen (secondary N) is 4. The number of rotatable bonds is 7. The van der Waals surface area contributed by atoms with Gasteiger partial charge in [-0.1, -0.05) is 12.1 Å². The summed E-state index contributed by atoms with van der Waals surface area (Å²) in [5.74, 6) is -0.961. The van der Waals surface area contributed by atoms with Gasteiger partial charge < -0.3 is 26.4 Å². The molecule has 130 valence electrons. The quantitative estimate of drug-likeness (QED) is 0.522. The van der Waals surface area contributed by atoms with Crippen molar-refractivity contribution >= 4 is 23.7 Å². The minimum absolute atomic E-state index is 0.0762. The van der Waals surface area contributed by atoms with Gasteiger partial charge in [0, 0.05) is 18.3 Å². The molecule has 0 heterocycles. The predicted octanol–water partition coefficient (Wildman–Crippen LogP) is 1.81. The van der Waals surface area contributed by atoms with Crippen LogP contribution in [0, 0.1) is 0 Å². The van der Waals surface area contributed by atoms with Gasteiger partial charge in [0.15, 0.2) is 0 Å². The van der Waals surface area contributed by atoms with Crippen molar-refractivity contribution < 1.29 is 19.5 Å².